The summed E-state index contributed by atoms with van der Waals surface area (Å²) < 4.78 is 0.768. The zero-order chi connectivity index (χ0) is 18.6. The number of carboxylic acids is 1. The number of phenols is 1. The fourth-order valence-electron chi connectivity index (χ4n) is 3.13. The van der Waals surface area contributed by atoms with Gasteiger partial charge in [-0.05, 0) is 41.8 Å². The minimum atomic E-state index is -1.35. The van der Waals surface area contributed by atoms with Crippen LogP contribution in [-0.4, -0.2) is 28.0 Å². The molecule has 0 spiro atoms. The lowest BCUT2D eigenvalue weighted by Gasteiger charge is -2.27. The first-order chi connectivity index (χ1) is 12.4. The highest BCUT2D eigenvalue weighted by atomic mass is 79.9. The number of carbonyl (C=O) groups is 3. The van der Waals surface area contributed by atoms with Crippen molar-refractivity contribution < 1.29 is 24.6 Å². The van der Waals surface area contributed by atoms with Crippen molar-refractivity contribution in [3.8, 4) is 5.75 Å². The summed E-state index contributed by atoms with van der Waals surface area (Å²) >= 11 is 3.42. The Bertz CT molecular complexity index is 1120. The van der Waals surface area contributed by atoms with Gasteiger partial charge in [0.1, 0.15) is 11.3 Å². The van der Waals surface area contributed by atoms with Gasteiger partial charge in [-0.3, -0.25) is 9.59 Å². The third-order valence-electron chi connectivity index (χ3n) is 4.32. The van der Waals surface area contributed by atoms with Crippen molar-refractivity contribution in [2.24, 2.45) is 0 Å². The van der Waals surface area contributed by atoms with E-state index in [1.54, 1.807) is 24.3 Å². The minimum absolute atomic E-state index is 0.0840. The molecular formula is C19H10BrNO5. The van der Waals surface area contributed by atoms with E-state index in [1.807, 2.05) is 6.07 Å². The van der Waals surface area contributed by atoms with Crippen molar-refractivity contribution >= 4 is 50.2 Å². The van der Waals surface area contributed by atoms with Crippen molar-refractivity contribution in [2.45, 2.75) is 0 Å². The van der Waals surface area contributed by atoms with Crippen LogP contribution >= 0.6 is 15.9 Å². The molecule has 128 valence electrons. The number of imide groups is 1. The standard InChI is InChI=1S/C19H10BrNO5/c20-14-6-5-12-16-10(14)2-1-3-11(16)17(23)21(18(12)24)9-4-7-15(22)13(8-9)19(25)26/h1-8,22H,(H,25,26). The first-order valence-electron chi connectivity index (χ1n) is 7.56. The summed E-state index contributed by atoms with van der Waals surface area (Å²) in [4.78, 5) is 38.1. The van der Waals surface area contributed by atoms with Crippen LogP contribution in [0.2, 0.25) is 0 Å². The molecule has 3 aromatic carbocycles. The average Bonchev–Trinajstić information content (AvgIpc) is 2.62. The predicted molar refractivity (Wildman–Crippen MR) is 97.9 cm³/mol. The number of nitrogens with zero attached hydrogens (tertiary/aromatic N) is 1. The first-order valence-corrected chi connectivity index (χ1v) is 8.36. The van der Waals surface area contributed by atoms with Crippen molar-refractivity contribution in [3.05, 3.63) is 69.7 Å². The molecule has 0 aliphatic carbocycles. The van der Waals surface area contributed by atoms with Crippen LogP contribution in [0.15, 0.2) is 53.0 Å². The van der Waals surface area contributed by atoms with Crippen LogP contribution in [0.5, 0.6) is 5.75 Å². The topological polar surface area (TPSA) is 94.9 Å². The number of benzene rings is 3. The number of hydrogen-bond donors (Lipinski definition) is 2. The molecule has 0 aromatic heterocycles. The molecule has 2 N–H and O–H groups in total. The smallest absolute Gasteiger partial charge is 0.339 e. The zero-order valence-corrected chi connectivity index (χ0v) is 14.6. The molecule has 0 saturated heterocycles. The van der Waals surface area contributed by atoms with Crippen LogP contribution in [0, 0.1) is 0 Å². The molecule has 1 aliphatic heterocycles. The molecule has 3 aromatic rings. The molecule has 0 saturated carbocycles. The van der Waals surface area contributed by atoms with E-state index in [0.717, 1.165) is 26.9 Å². The van der Waals surface area contributed by atoms with Crippen LogP contribution in [0.1, 0.15) is 31.1 Å². The second-order valence-electron chi connectivity index (χ2n) is 5.78. The van der Waals surface area contributed by atoms with Crippen molar-refractivity contribution in [2.75, 3.05) is 4.90 Å². The number of anilines is 1. The Balaban J connectivity index is 1.96. The monoisotopic (exact) mass is 411 g/mol. The molecule has 4 rings (SSSR count). The SMILES string of the molecule is O=C(O)c1cc(N2C(=O)c3cccc4c(Br)ccc(c34)C2=O)ccc1O. The Hall–Kier alpha value is -3.19. The van der Waals surface area contributed by atoms with Gasteiger partial charge in [-0.15, -0.1) is 0 Å². The van der Waals surface area contributed by atoms with E-state index >= 15 is 0 Å². The van der Waals surface area contributed by atoms with Crippen LogP contribution < -0.4 is 4.90 Å². The molecule has 1 aliphatic rings. The van der Waals surface area contributed by atoms with Crippen LogP contribution in [0.25, 0.3) is 10.8 Å². The maximum absolute atomic E-state index is 13.0. The quantitative estimate of drug-likeness (QED) is 0.625. The van der Waals surface area contributed by atoms with Gasteiger partial charge in [0, 0.05) is 21.0 Å². The number of aromatic hydroxyl groups is 1. The summed E-state index contributed by atoms with van der Waals surface area (Å²) in [5.41, 5.74) is 0.399. The zero-order valence-electron chi connectivity index (χ0n) is 13.1. The molecule has 0 fully saturated rings. The Morgan fingerprint density at radius 3 is 2.35 bits per heavy atom. The summed E-state index contributed by atoms with van der Waals surface area (Å²) in [7, 11) is 0. The Morgan fingerprint density at radius 1 is 0.962 bits per heavy atom. The van der Waals surface area contributed by atoms with Gasteiger partial charge in [-0.1, -0.05) is 28.1 Å². The van der Waals surface area contributed by atoms with Gasteiger partial charge in [-0.2, -0.15) is 0 Å². The van der Waals surface area contributed by atoms with Crippen LogP contribution in [0.4, 0.5) is 5.69 Å². The fourth-order valence-corrected chi connectivity index (χ4v) is 3.59. The lowest BCUT2D eigenvalue weighted by atomic mass is 9.93. The normalized spacial score (nSPS) is 13.3. The molecular weight excluding hydrogens is 402 g/mol. The van der Waals surface area contributed by atoms with E-state index in [2.05, 4.69) is 15.9 Å². The minimum Gasteiger partial charge on any atom is -0.507 e. The van der Waals surface area contributed by atoms with Gasteiger partial charge < -0.3 is 10.2 Å². The number of carboxylic acid groups (broad SMARTS) is 1. The summed E-state index contributed by atoms with van der Waals surface area (Å²) in [5, 5.41) is 20.2. The van der Waals surface area contributed by atoms with Crippen molar-refractivity contribution in [3.63, 3.8) is 0 Å². The summed E-state index contributed by atoms with van der Waals surface area (Å²) in [5.74, 6) is -2.89. The van der Waals surface area contributed by atoms with Gasteiger partial charge in [0.2, 0.25) is 0 Å². The maximum Gasteiger partial charge on any atom is 0.339 e. The van der Waals surface area contributed by atoms with Crippen molar-refractivity contribution in [1.29, 1.82) is 0 Å². The summed E-state index contributed by atoms with van der Waals surface area (Å²) in [6, 6.07) is 12.1. The molecule has 0 atom stereocenters. The molecule has 0 bridgehead atoms. The molecule has 7 heteroatoms. The molecule has 0 radical (unpaired) electrons. The first kappa shape index (κ1) is 16.3. The van der Waals surface area contributed by atoms with Gasteiger partial charge in [-0.25, -0.2) is 9.69 Å². The van der Waals surface area contributed by atoms with Crippen molar-refractivity contribution in [1.82, 2.24) is 0 Å². The number of hydrogen-bond acceptors (Lipinski definition) is 4. The Labute approximate surface area is 155 Å². The number of rotatable bonds is 2. The number of aromatic carboxylic acids is 1. The van der Waals surface area contributed by atoms with Gasteiger partial charge in [0.15, 0.2) is 0 Å². The molecule has 0 unspecified atom stereocenters. The highest BCUT2D eigenvalue weighted by Gasteiger charge is 2.34. The third kappa shape index (κ3) is 2.21. The van der Waals surface area contributed by atoms with Crippen LogP contribution in [-0.2, 0) is 0 Å². The molecule has 26 heavy (non-hydrogen) atoms. The van der Waals surface area contributed by atoms with Crippen LogP contribution in [0.3, 0.4) is 0 Å². The highest BCUT2D eigenvalue weighted by Crippen LogP contribution is 2.36. The number of carbonyl (C=O) groups excluding carboxylic acids is 2. The second-order valence-corrected chi connectivity index (χ2v) is 6.63. The van der Waals surface area contributed by atoms with E-state index in [0.29, 0.717) is 16.5 Å². The van der Waals surface area contributed by atoms with E-state index < -0.39 is 23.5 Å². The maximum atomic E-state index is 13.0. The van der Waals surface area contributed by atoms with E-state index in [-0.39, 0.29) is 11.3 Å². The van der Waals surface area contributed by atoms with E-state index in [1.165, 1.54) is 6.07 Å². The van der Waals surface area contributed by atoms with Gasteiger partial charge in [0.05, 0.1) is 5.69 Å². The summed E-state index contributed by atoms with van der Waals surface area (Å²) in [6.07, 6.45) is 0. The summed E-state index contributed by atoms with van der Waals surface area (Å²) in [6.45, 7) is 0. The Kier molecular flexibility index (Phi) is 3.55. The number of halogens is 1. The fraction of sp³-hybridized carbons (Fsp3) is 0. The lowest BCUT2D eigenvalue weighted by Crippen LogP contribution is -2.40. The van der Waals surface area contributed by atoms with Gasteiger partial charge in [0.25, 0.3) is 11.8 Å². The van der Waals surface area contributed by atoms with E-state index in [4.69, 9.17) is 0 Å². The predicted octanol–water partition coefficient (Wildman–Crippen LogP) is 3.81. The van der Waals surface area contributed by atoms with E-state index in [9.17, 15) is 24.6 Å². The average molecular weight is 412 g/mol. The largest absolute Gasteiger partial charge is 0.507 e. The number of amides is 2. The van der Waals surface area contributed by atoms with Gasteiger partial charge >= 0.3 is 5.97 Å². The Morgan fingerprint density at radius 2 is 1.65 bits per heavy atom. The molecule has 2 amide bonds. The lowest BCUT2D eigenvalue weighted by molar-refractivity contribution is 0.0692. The third-order valence-corrected chi connectivity index (χ3v) is 5.01. The highest BCUT2D eigenvalue weighted by molar-refractivity contribution is 9.10. The second kappa shape index (κ2) is 5.67. The molecule has 6 nitrogen and oxygen atoms in total. The molecule has 1 heterocycles.